The largest absolute Gasteiger partial charge is 0.496 e. The van der Waals surface area contributed by atoms with Gasteiger partial charge in [0.2, 0.25) is 5.78 Å². The molecule has 0 saturated heterocycles. The minimum atomic E-state index is -0.162. The highest BCUT2D eigenvalue weighted by Crippen LogP contribution is 2.21. The van der Waals surface area contributed by atoms with Crippen LogP contribution in [0.5, 0.6) is 5.75 Å². The van der Waals surface area contributed by atoms with Gasteiger partial charge < -0.3 is 9.15 Å². The quantitative estimate of drug-likeness (QED) is 0.740. The Morgan fingerprint density at radius 1 is 1.19 bits per heavy atom. The van der Waals surface area contributed by atoms with Crippen LogP contribution in [0.1, 0.15) is 21.9 Å². The number of aryl methyl sites for hydroxylation is 1. The molecule has 0 N–H and O–H groups in total. The number of para-hydroxylation sites is 1. The lowest BCUT2D eigenvalue weighted by Gasteiger charge is -2.04. The molecule has 16 heavy (non-hydrogen) atoms. The van der Waals surface area contributed by atoms with E-state index in [1.807, 2.05) is 6.07 Å². The van der Waals surface area contributed by atoms with Gasteiger partial charge in [0.25, 0.3) is 0 Å². The summed E-state index contributed by atoms with van der Waals surface area (Å²) in [5.41, 5.74) is 0.513. The summed E-state index contributed by atoms with van der Waals surface area (Å²) in [4.78, 5) is 12.1. The summed E-state index contributed by atoms with van der Waals surface area (Å²) in [6.07, 6.45) is 0. The number of rotatable bonds is 3. The molecular weight excluding hydrogens is 204 g/mol. The number of furan rings is 1. The topological polar surface area (TPSA) is 39.4 Å². The number of methoxy groups -OCH3 is 1. The summed E-state index contributed by atoms with van der Waals surface area (Å²) < 4.78 is 10.4. The van der Waals surface area contributed by atoms with Crippen LogP contribution >= 0.6 is 0 Å². The third kappa shape index (κ3) is 1.84. The highest BCUT2D eigenvalue weighted by molar-refractivity contribution is 6.08. The molecular formula is C13H12O3. The predicted molar refractivity (Wildman–Crippen MR) is 59.9 cm³/mol. The Morgan fingerprint density at radius 3 is 2.56 bits per heavy atom. The van der Waals surface area contributed by atoms with E-state index in [-0.39, 0.29) is 5.78 Å². The van der Waals surface area contributed by atoms with Gasteiger partial charge in [-0.25, -0.2) is 0 Å². The molecule has 0 atom stereocenters. The predicted octanol–water partition coefficient (Wildman–Crippen LogP) is 2.83. The van der Waals surface area contributed by atoms with Crippen molar-refractivity contribution in [1.29, 1.82) is 0 Å². The second-order valence-electron chi connectivity index (χ2n) is 3.44. The van der Waals surface area contributed by atoms with E-state index in [9.17, 15) is 4.79 Å². The van der Waals surface area contributed by atoms with Crippen molar-refractivity contribution >= 4 is 5.78 Å². The third-order valence-electron chi connectivity index (χ3n) is 2.32. The van der Waals surface area contributed by atoms with Crippen molar-refractivity contribution in [2.24, 2.45) is 0 Å². The standard InChI is InChI=1S/C13H12O3/c1-9-7-8-12(16-9)13(14)10-5-3-4-6-11(10)15-2/h3-8H,1-2H3. The molecule has 1 heterocycles. The Bertz CT molecular complexity index is 511. The SMILES string of the molecule is COc1ccccc1C(=O)c1ccc(C)o1. The Labute approximate surface area is 93.7 Å². The molecule has 0 aliphatic heterocycles. The molecule has 0 amide bonds. The highest BCUT2D eigenvalue weighted by Gasteiger charge is 2.16. The van der Waals surface area contributed by atoms with Gasteiger partial charge in [0.15, 0.2) is 5.76 Å². The van der Waals surface area contributed by atoms with E-state index in [0.717, 1.165) is 5.76 Å². The van der Waals surface area contributed by atoms with Crippen molar-refractivity contribution in [2.45, 2.75) is 6.92 Å². The van der Waals surface area contributed by atoms with Crippen LogP contribution in [0.2, 0.25) is 0 Å². The van der Waals surface area contributed by atoms with Crippen LogP contribution in [0.3, 0.4) is 0 Å². The van der Waals surface area contributed by atoms with Crippen molar-refractivity contribution in [3.8, 4) is 5.75 Å². The van der Waals surface area contributed by atoms with Gasteiger partial charge in [-0.15, -0.1) is 0 Å². The molecule has 0 fully saturated rings. The number of benzene rings is 1. The van der Waals surface area contributed by atoms with E-state index in [4.69, 9.17) is 9.15 Å². The first kappa shape index (κ1) is 10.5. The first-order valence-corrected chi connectivity index (χ1v) is 4.96. The summed E-state index contributed by atoms with van der Waals surface area (Å²) in [5, 5.41) is 0. The van der Waals surface area contributed by atoms with Crippen molar-refractivity contribution in [1.82, 2.24) is 0 Å². The number of hydrogen-bond acceptors (Lipinski definition) is 3. The molecule has 2 aromatic rings. The van der Waals surface area contributed by atoms with Crippen LogP contribution in [-0.2, 0) is 0 Å². The van der Waals surface area contributed by atoms with E-state index in [2.05, 4.69) is 0 Å². The maximum atomic E-state index is 12.1. The average Bonchev–Trinajstić information content (AvgIpc) is 2.75. The fraction of sp³-hybridized carbons (Fsp3) is 0.154. The van der Waals surface area contributed by atoms with Crippen LogP contribution in [0.15, 0.2) is 40.8 Å². The lowest BCUT2D eigenvalue weighted by Crippen LogP contribution is -2.02. The van der Waals surface area contributed by atoms with E-state index in [1.165, 1.54) is 0 Å². The van der Waals surface area contributed by atoms with E-state index < -0.39 is 0 Å². The minimum Gasteiger partial charge on any atom is -0.496 e. The fourth-order valence-electron chi connectivity index (χ4n) is 1.52. The van der Waals surface area contributed by atoms with Gasteiger partial charge in [-0.1, -0.05) is 12.1 Å². The number of ether oxygens (including phenoxy) is 1. The molecule has 3 nitrogen and oxygen atoms in total. The molecule has 0 aliphatic carbocycles. The van der Waals surface area contributed by atoms with E-state index in [1.54, 1.807) is 44.4 Å². The second-order valence-corrected chi connectivity index (χ2v) is 3.44. The summed E-state index contributed by atoms with van der Waals surface area (Å²) in [6.45, 7) is 1.80. The van der Waals surface area contributed by atoms with E-state index >= 15 is 0 Å². The second kappa shape index (κ2) is 4.23. The normalized spacial score (nSPS) is 10.1. The molecule has 3 heteroatoms. The molecule has 0 aliphatic rings. The number of ketones is 1. The number of carbonyl (C=O) groups excluding carboxylic acids is 1. The molecule has 0 spiro atoms. The first-order chi connectivity index (χ1) is 7.72. The van der Waals surface area contributed by atoms with Crippen molar-refractivity contribution in [3.05, 3.63) is 53.5 Å². The highest BCUT2D eigenvalue weighted by atomic mass is 16.5. The molecule has 0 bridgehead atoms. The molecule has 0 saturated carbocycles. The molecule has 1 aromatic heterocycles. The fourth-order valence-corrected chi connectivity index (χ4v) is 1.52. The molecule has 1 aromatic carbocycles. The zero-order chi connectivity index (χ0) is 11.5. The van der Waals surface area contributed by atoms with Gasteiger partial charge in [0.1, 0.15) is 11.5 Å². The number of hydrogen-bond donors (Lipinski definition) is 0. The maximum Gasteiger partial charge on any atom is 0.231 e. The summed E-state index contributed by atoms with van der Waals surface area (Å²) >= 11 is 0. The lowest BCUT2D eigenvalue weighted by atomic mass is 10.1. The van der Waals surface area contributed by atoms with Crippen LogP contribution in [0.4, 0.5) is 0 Å². The molecule has 0 unspecified atom stereocenters. The zero-order valence-corrected chi connectivity index (χ0v) is 9.19. The van der Waals surface area contributed by atoms with E-state index in [0.29, 0.717) is 17.1 Å². The van der Waals surface area contributed by atoms with Gasteiger partial charge in [-0.2, -0.15) is 0 Å². The number of carbonyl (C=O) groups is 1. The Hall–Kier alpha value is -2.03. The zero-order valence-electron chi connectivity index (χ0n) is 9.19. The van der Waals surface area contributed by atoms with Gasteiger partial charge in [-0.3, -0.25) is 4.79 Å². The van der Waals surface area contributed by atoms with Gasteiger partial charge in [-0.05, 0) is 31.2 Å². The summed E-state index contributed by atoms with van der Waals surface area (Å²) in [7, 11) is 1.54. The summed E-state index contributed by atoms with van der Waals surface area (Å²) in [6, 6.07) is 10.5. The molecule has 2 rings (SSSR count). The smallest absolute Gasteiger partial charge is 0.231 e. The third-order valence-corrected chi connectivity index (χ3v) is 2.32. The monoisotopic (exact) mass is 216 g/mol. The minimum absolute atomic E-state index is 0.162. The lowest BCUT2D eigenvalue weighted by molar-refractivity contribution is 0.100. The molecule has 0 radical (unpaired) electrons. The van der Waals surface area contributed by atoms with Gasteiger partial charge in [0.05, 0.1) is 12.7 Å². The van der Waals surface area contributed by atoms with Crippen LogP contribution in [0.25, 0.3) is 0 Å². The van der Waals surface area contributed by atoms with Crippen LogP contribution < -0.4 is 4.74 Å². The van der Waals surface area contributed by atoms with Crippen molar-refractivity contribution in [2.75, 3.05) is 7.11 Å². The Kier molecular flexibility index (Phi) is 2.77. The van der Waals surface area contributed by atoms with Crippen LogP contribution in [-0.4, -0.2) is 12.9 Å². The Balaban J connectivity index is 2.41. The van der Waals surface area contributed by atoms with Gasteiger partial charge in [0, 0.05) is 0 Å². The van der Waals surface area contributed by atoms with Crippen molar-refractivity contribution in [3.63, 3.8) is 0 Å². The van der Waals surface area contributed by atoms with Crippen LogP contribution in [0, 0.1) is 6.92 Å². The average molecular weight is 216 g/mol. The molecule has 82 valence electrons. The Morgan fingerprint density at radius 2 is 1.94 bits per heavy atom. The maximum absolute atomic E-state index is 12.1. The van der Waals surface area contributed by atoms with Gasteiger partial charge >= 0.3 is 0 Å². The van der Waals surface area contributed by atoms with Crippen molar-refractivity contribution < 1.29 is 13.9 Å². The summed E-state index contributed by atoms with van der Waals surface area (Å²) in [5.74, 6) is 1.45. The first-order valence-electron chi connectivity index (χ1n) is 4.96.